The molecule has 0 saturated heterocycles. The molecule has 0 aliphatic carbocycles. The summed E-state index contributed by atoms with van der Waals surface area (Å²) in [6.07, 6.45) is 3.02. The molecule has 0 radical (unpaired) electrons. The van der Waals surface area contributed by atoms with Crippen LogP contribution in [0.3, 0.4) is 0 Å². The maximum absolute atomic E-state index is 11.1. The van der Waals surface area contributed by atoms with E-state index in [1.54, 1.807) is 6.92 Å². The van der Waals surface area contributed by atoms with E-state index in [1.807, 2.05) is 0 Å². The van der Waals surface area contributed by atoms with Crippen LogP contribution in [0.15, 0.2) is 0 Å². The smallest absolute Gasteiger partial charge is 0.237 e. The van der Waals surface area contributed by atoms with Gasteiger partial charge in [-0.05, 0) is 25.8 Å². The largest absolute Gasteiger partial charge is 0.368 e. The molecule has 0 saturated carbocycles. The van der Waals surface area contributed by atoms with Crippen molar-refractivity contribution in [1.82, 2.24) is 4.90 Å². The molecule has 0 heterocycles. The fourth-order valence-corrected chi connectivity index (χ4v) is 1.80. The fourth-order valence-electron chi connectivity index (χ4n) is 1.80. The number of carbonyl (C=O) groups excluding carboxylic acids is 1. The molecule has 0 aromatic heterocycles. The van der Waals surface area contributed by atoms with Crippen LogP contribution in [0.5, 0.6) is 0 Å². The number of amides is 1. The highest BCUT2D eigenvalue weighted by Crippen LogP contribution is 2.12. The summed E-state index contributed by atoms with van der Waals surface area (Å²) < 4.78 is 0. The number of nitrogens with zero attached hydrogens (tertiary/aromatic N) is 1. The van der Waals surface area contributed by atoms with Crippen molar-refractivity contribution in [2.75, 3.05) is 19.6 Å². The predicted molar refractivity (Wildman–Crippen MR) is 72.6 cm³/mol. The van der Waals surface area contributed by atoms with Gasteiger partial charge in [0.25, 0.3) is 0 Å². The molecule has 1 atom stereocenters. The second kappa shape index (κ2) is 7.67. The zero-order valence-electron chi connectivity index (χ0n) is 11.8. The normalized spacial score (nSPS) is 15.2. The Balaban J connectivity index is 4.18. The van der Waals surface area contributed by atoms with Crippen LogP contribution in [0.2, 0.25) is 0 Å². The highest BCUT2D eigenvalue weighted by Gasteiger charge is 2.26. The molecule has 102 valence electrons. The summed E-state index contributed by atoms with van der Waals surface area (Å²) >= 11 is 0. The lowest BCUT2D eigenvalue weighted by molar-refractivity contribution is -0.122. The Labute approximate surface area is 106 Å². The van der Waals surface area contributed by atoms with Gasteiger partial charge >= 0.3 is 0 Å². The Bertz CT molecular complexity index is 225. The Morgan fingerprint density at radius 1 is 1.29 bits per heavy atom. The molecule has 0 rings (SSSR count). The number of carbonyl (C=O) groups is 1. The van der Waals surface area contributed by atoms with E-state index in [-0.39, 0.29) is 0 Å². The Kier molecular flexibility index (Phi) is 7.39. The van der Waals surface area contributed by atoms with Gasteiger partial charge in [0, 0.05) is 13.1 Å². The minimum Gasteiger partial charge on any atom is -0.368 e. The second-order valence-corrected chi connectivity index (χ2v) is 5.11. The third-order valence-electron chi connectivity index (χ3n) is 3.63. The SMILES string of the molecule is CCC(CC)CN(CC)CCC(C)(N)C(N)=O. The lowest BCUT2D eigenvalue weighted by atomic mass is 9.97. The van der Waals surface area contributed by atoms with Crippen LogP contribution in [0, 0.1) is 5.92 Å². The molecule has 4 heteroatoms. The molecular formula is C13H29N3O. The first-order valence-electron chi connectivity index (χ1n) is 6.68. The summed E-state index contributed by atoms with van der Waals surface area (Å²) in [7, 11) is 0. The number of hydrogen-bond acceptors (Lipinski definition) is 3. The monoisotopic (exact) mass is 243 g/mol. The van der Waals surface area contributed by atoms with E-state index in [9.17, 15) is 4.79 Å². The zero-order valence-corrected chi connectivity index (χ0v) is 11.8. The van der Waals surface area contributed by atoms with Crippen molar-refractivity contribution in [3.05, 3.63) is 0 Å². The van der Waals surface area contributed by atoms with Crippen LogP contribution < -0.4 is 11.5 Å². The Morgan fingerprint density at radius 3 is 2.18 bits per heavy atom. The van der Waals surface area contributed by atoms with Crippen molar-refractivity contribution in [2.24, 2.45) is 17.4 Å². The van der Waals surface area contributed by atoms with Gasteiger partial charge in [-0.2, -0.15) is 0 Å². The van der Waals surface area contributed by atoms with E-state index in [2.05, 4.69) is 25.7 Å². The lowest BCUT2D eigenvalue weighted by Crippen LogP contribution is -2.51. The molecule has 0 spiro atoms. The van der Waals surface area contributed by atoms with Crippen molar-refractivity contribution in [1.29, 1.82) is 0 Å². The first-order chi connectivity index (χ1) is 7.87. The summed E-state index contributed by atoms with van der Waals surface area (Å²) in [4.78, 5) is 13.5. The van der Waals surface area contributed by atoms with Gasteiger partial charge in [-0.3, -0.25) is 4.79 Å². The summed E-state index contributed by atoms with van der Waals surface area (Å²) in [5, 5.41) is 0. The maximum atomic E-state index is 11.1. The standard InChI is InChI=1S/C13H29N3O/c1-5-11(6-2)10-16(7-3)9-8-13(4,15)12(14)17/h11H,5-10,15H2,1-4H3,(H2,14,17). The van der Waals surface area contributed by atoms with Gasteiger partial charge in [-0.15, -0.1) is 0 Å². The zero-order chi connectivity index (χ0) is 13.5. The molecular weight excluding hydrogens is 214 g/mol. The average Bonchev–Trinajstić information content (AvgIpc) is 2.29. The van der Waals surface area contributed by atoms with Gasteiger partial charge in [0.1, 0.15) is 0 Å². The molecule has 0 aromatic rings. The summed E-state index contributed by atoms with van der Waals surface area (Å²) in [5.74, 6) is 0.309. The molecule has 0 bridgehead atoms. The highest BCUT2D eigenvalue weighted by atomic mass is 16.1. The van der Waals surface area contributed by atoms with E-state index < -0.39 is 11.4 Å². The Hall–Kier alpha value is -0.610. The maximum Gasteiger partial charge on any atom is 0.237 e. The fraction of sp³-hybridized carbons (Fsp3) is 0.923. The minimum atomic E-state index is -0.888. The molecule has 17 heavy (non-hydrogen) atoms. The van der Waals surface area contributed by atoms with Gasteiger partial charge in [0.05, 0.1) is 5.54 Å². The predicted octanol–water partition coefficient (Wildman–Crippen LogP) is 1.34. The summed E-state index contributed by atoms with van der Waals surface area (Å²) in [5.41, 5.74) is 10.2. The average molecular weight is 243 g/mol. The Morgan fingerprint density at radius 2 is 1.82 bits per heavy atom. The van der Waals surface area contributed by atoms with Crippen molar-refractivity contribution >= 4 is 5.91 Å². The van der Waals surface area contributed by atoms with Gasteiger partial charge < -0.3 is 16.4 Å². The van der Waals surface area contributed by atoms with Crippen LogP contribution in [-0.4, -0.2) is 36.0 Å². The van der Waals surface area contributed by atoms with E-state index in [0.29, 0.717) is 6.42 Å². The van der Waals surface area contributed by atoms with E-state index >= 15 is 0 Å². The molecule has 1 unspecified atom stereocenters. The number of hydrogen-bond donors (Lipinski definition) is 2. The number of primary amides is 1. The van der Waals surface area contributed by atoms with Crippen LogP contribution in [-0.2, 0) is 4.79 Å². The van der Waals surface area contributed by atoms with Crippen LogP contribution in [0.25, 0.3) is 0 Å². The van der Waals surface area contributed by atoms with Crippen LogP contribution in [0.4, 0.5) is 0 Å². The van der Waals surface area contributed by atoms with Crippen molar-refractivity contribution in [3.8, 4) is 0 Å². The third kappa shape index (κ3) is 6.03. The molecule has 0 aliphatic rings. The van der Waals surface area contributed by atoms with E-state index in [1.165, 1.54) is 12.8 Å². The highest BCUT2D eigenvalue weighted by molar-refractivity contribution is 5.83. The molecule has 4 nitrogen and oxygen atoms in total. The summed E-state index contributed by atoms with van der Waals surface area (Å²) in [6, 6.07) is 0. The van der Waals surface area contributed by atoms with E-state index in [4.69, 9.17) is 11.5 Å². The molecule has 0 aliphatic heterocycles. The van der Waals surface area contributed by atoms with Gasteiger partial charge in [-0.1, -0.05) is 33.6 Å². The molecule has 0 fully saturated rings. The lowest BCUT2D eigenvalue weighted by Gasteiger charge is -2.28. The van der Waals surface area contributed by atoms with Gasteiger partial charge in [0.2, 0.25) is 5.91 Å². The third-order valence-corrected chi connectivity index (χ3v) is 3.63. The first kappa shape index (κ1) is 16.4. The van der Waals surface area contributed by atoms with E-state index in [0.717, 1.165) is 25.6 Å². The second-order valence-electron chi connectivity index (χ2n) is 5.11. The van der Waals surface area contributed by atoms with Crippen molar-refractivity contribution in [2.45, 2.75) is 52.5 Å². The number of rotatable bonds is 9. The molecule has 0 aromatic carbocycles. The first-order valence-corrected chi connectivity index (χ1v) is 6.68. The van der Waals surface area contributed by atoms with Crippen molar-refractivity contribution in [3.63, 3.8) is 0 Å². The molecule has 4 N–H and O–H groups in total. The van der Waals surface area contributed by atoms with Gasteiger partial charge in [0.15, 0.2) is 0 Å². The quantitative estimate of drug-likeness (QED) is 0.642. The topological polar surface area (TPSA) is 72.3 Å². The van der Waals surface area contributed by atoms with Crippen LogP contribution in [0.1, 0.15) is 47.0 Å². The number of nitrogens with two attached hydrogens (primary N) is 2. The van der Waals surface area contributed by atoms with Crippen LogP contribution >= 0.6 is 0 Å². The van der Waals surface area contributed by atoms with Gasteiger partial charge in [-0.25, -0.2) is 0 Å². The minimum absolute atomic E-state index is 0.420. The van der Waals surface area contributed by atoms with Crippen molar-refractivity contribution < 1.29 is 4.79 Å². The molecule has 1 amide bonds. The summed E-state index contributed by atoms with van der Waals surface area (Å²) in [6.45, 7) is 11.2.